The van der Waals surface area contributed by atoms with Crippen LogP contribution in [0, 0.1) is 0 Å². The molecule has 6 nitrogen and oxygen atoms in total. The third-order valence-corrected chi connectivity index (χ3v) is 2.94. The van der Waals surface area contributed by atoms with Crippen LogP contribution >= 0.6 is 0 Å². The van der Waals surface area contributed by atoms with Gasteiger partial charge in [-0.05, 0) is 26.8 Å². The van der Waals surface area contributed by atoms with Crippen LogP contribution in [0.1, 0.15) is 26.3 Å². The summed E-state index contributed by atoms with van der Waals surface area (Å²) in [5.74, 6) is -1.06. The molecule has 0 spiro atoms. The van der Waals surface area contributed by atoms with E-state index in [0.717, 1.165) is 11.0 Å². The van der Waals surface area contributed by atoms with Crippen molar-refractivity contribution in [2.24, 2.45) is 0 Å². The third kappa shape index (κ3) is 6.05. The summed E-state index contributed by atoms with van der Waals surface area (Å²) >= 11 is 0. The van der Waals surface area contributed by atoms with Crippen LogP contribution in [0.3, 0.4) is 0 Å². The lowest BCUT2D eigenvalue weighted by atomic mass is 10.1. The summed E-state index contributed by atoms with van der Waals surface area (Å²) in [6, 6.07) is 1.41. The molecule has 0 aliphatic carbocycles. The average Bonchev–Trinajstić information content (AvgIpc) is 2.37. The number of amides is 2. The zero-order valence-corrected chi connectivity index (χ0v) is 13.9. The first-order valence-corrected chi connectivity index (χ1v) is 7.12. The summed E-state index contributed by atoms with van der Waals surface area (Å²) in [6.45, 7) is 4.48. The Hall–Kier alpha value is -2.32. The Morgan fingerprint density at radius 2 is 1.79 bits per heavy atom. The first kappa shape index (κ1) is 19.7. The largest absolute Gasteiger partial charge is 0.417 e. The maximum absolute atomic E-state index is 12.7. The van der Waals surface area contributed by atoms with E-state index in [4.69, 9.17) is 0 Å². The van der Waals surface area contributed by atoms with E-state index in [-0.39, 0.29) is 6.54 Å². The molecule has 0 aliphatic heterocycles. The maximum Gasteiger partial charge on any atom is 0.417 e. The van der Waals surface area contributed by atoms with Crippen LogP contribution in [0.25, 0.3) is 0 Å². The maximum atomic E-state index is 12.7. The highest BCUT2D eigenvalue weighted by Gasteiger charge is 2.31. The van der Waals surface area contributed by atoms with E-state index >= 15 is 0 Å². The number of likely N-dealkylation sites (N-methyl/N-ethyl adjacent to an activating group) is 1. The summed E-state index contributed by atoms with van der Waals surface area (Å²) in [5.41, 5.74) is -2.23. The molecule has 0 radical (unpaired) electrons. The fourth-order valence-electron chi connectivity index (χ4n) is 1.85. The Balaban J connectivity index is 2.81. The number of halogens is 3. The van der Waals surface area contributed by atoms with Gasteiger partial charge >= 0.3 is 6.18 Å². The average molecular weight is 347 g/mol. The van der Waals surface area contributed by atoms with Crippen molar-refractivity contribution in [1.29, 1.82) is 0 Å². The van der Waals surface area contributed by atoms with E-state index in [9.17, 15) is 27.6 Å². The molecule has 0 bridgehead atoms. The van der Waals surface area contributed by atoms with Crippen molar-refractivity contribution in [3.63, 3.8) is 0 Å². The second-order valence-corrected chi connectivity index (χ2v) is 6.43. The fourth-order valence-corrected chi connectivity index (χ4v) is 1.85. The molecule has 1 aromatic heterocycles. The summed E-state index contributed by atoms with van der Waals surface area (Å²) < 4.78 is 38.7. The van der Waals surface area contributed by atoms with Crippen molar-refractivity contribution in [3.8, 4) is 0 Å². The Labute approximate surface area is 137 Å². The van der Waals surface area contributed by atoms with Crippen LogP contribution < -0.4 is 10.9 Å². The second-order valence-electron chi connectivity index (χ2n) is 6.43. The van der Waals surface area contributed by atoms with Gasteiger partial charge < -0.3 is 14.8 Å². The Kier molecular flexibility index (Phi) is 5.80. The molecule has 9 heteroatoms. The van der Waals surface area contributed by atoms with Crippen molar-refractivity contribution >= 4 is 11.8 Å². The van der Waals surface area contributed by atoms with Crippen LogP contribution in [-0.4, -0.2) is 40.4 Å². The van der Waals surface area contributed by atoms with Gasteiger partial charge in [0.05, 0.1) is 12.1 Å². The molecule has 2 amide bonds. The van der Waals surface area contributed by atoms with Gasteiger partial charge in [-0.25, -0.2) is 0 Å². The highest BCUT2D eigenvalue weighted by Crippen LogP contribution is 2.27. The number of hydrogen-bond acceptors (Lipinski definition) is 3. The van der Waals surface area contributed by atoms with Gasteiger partial charge in [-0.2, -0.15) is 13.2 Å². The Bertz CT molecular complexity index is 675. The van der Waals surface area contributed by atoms with Crippen LogP contribution in [0.4, 0.5) is 13.2 Å². The van der Waals surface area contributed by atoms with Gasteiger partial charge in [0.2, 0.25) is 11.8 Å². The van der Waals surface area contributed by atoms with Gasteiger partial charge in [0.25, 0.3) is 5.56 Å². The lowest BCUT2D eigenvalue weighted by Crippen LogP contribution is -2.47. The lowest BCUT2D eigenvalue weighted by molar-refractivity contribution is -0.138. The normalized spacial score (nSPS) is 12.0. The third-order valence-electron chi connectivity index (χ3n) is 2.94. The second kappa shape index (κ2) is 7.06. The molecule has 0 aromatic carbocycles. The minimum Gasteiger partial charge on any atom is -0.350 e. The van der Waals surface area contributed by atoms with Crippen molar-refractivity contribution in [1.82, 2.24) is 14.8 Å². The SMILES string of the molecule is CN(CC(=O)NC(C)(C)C)C(=O)Cn1cc(C(F)(F)F)ccc1=O. The smallest absolute Gasteiger partial charge is 0.350 e. The molecule has 134 valence electrons. The quantitative estimate of drug-likeness (QED) is 0.891. The number of rotatable bonds is 4. The number of carbonyl (C=O) groups excluding carboxylic acids is 2. The first-order chi connectivity index (χ1) is 10.8. The molecule has 1 aromatic rings. The van der Waals surface area contributed by atoms with E-state index in [1.807, 2.05) is 0 Å². The van der Waals surface area contributed by atoms with Crippen molar-refractivity contribution < 1.29 is 22.8 Å². The summed E-state index contributed by atoms with van der Waals surface area (Å²) in [7, 11) is 1.34. The monoisotopic (exact) mass is 347 g/mol. The van der Waals surface area contributed by atoms with Crippen molar-refractivity contribution in [2.75, 3.05) is 13.6 Å². The zero-order chi connectivity index (χ0) is 18.7. The van der Waals surface area contributed by atoms with Crippen molar-refractivity contribution in [3.05, 3.63) is 34.2 Å². The molecule has 0 saturated heterocycles. The van der Waals surface area contributed by atoms with Gasteiger partial charge in [0.15, 0.2) is 0 Å². The van der Waals surface area contributed by atoms with Crippen LogP contribution in [0.2, 0.25) is 0 Å². The number of alkyl halides is 3. The Morgan fingerprint density at radius 3 is 2.29 bits per heavy atom. The van der Waals surface area contributed by atoms with Gasteiger partial charge in [0.1, 0.15) is 6.54 Å². The number of aromatic nitrogens is 1. The van der Waals surface area contributed by atoms with E-state index in [1.165, 1.54) is 7.05 Å². The molecule has 0 unspecified atom stereocenters. The fraction of sp³-hybridized carbons (Fsp3) is 0.533. The standard InChI is InChI=1S/C15H20F3N3O3/c1-14(2,3)19-11(22)8-20(4)13(24)9-21-7-10(15(16,17)18)5-6-12(21)23/h5-7H,8-9H2,1-4H3,(H,19,22). The van der Waals surface area contributed by atoms with Crippen LogP contribution in [0.5, 0.6) is 0 Å². The van der Waals surface area contributed by atoms with Crippen LogP contribution in [0.15, 0.2) is 23.1 Å². The molecule has 24 heavy (non-hydrogen) atoms. The highest BCUT2D eigenvalue weighted by atomic mass is 19.4. The lowest BCUT2D eigenvalue weighted by Gasteiger charge is -2.23. The molecular weight excluding hydrogens is 327 g/mol. The Morgan fingerprint density at radius 1 is 1.21 bits per heavy atom. The number of nitrogens with zero attached hydrogens (tertiary/aromatic N) is 2. The minimum atomic E-state index is -4.61. The van der Waals surface area contributed by atoms with E-state index in [0.29, 0.717) is 16.8 Å². The van der Waals surface area contributed by atoms with E-state index in [1.54, 1.807) is 20.8 Å². The molecule has 1 rings (SSSR count). The molecule has 0 fully saturated rings. The zero-order valence-electron chi connectivity index (χ0n) is 13.9. The van der Waals surface area contributed by atoms with Gasteiger partial charge in [-0.1, -0.05) is 0 Å². The number of carbonyl (C=O) groups is 2. The number of pyridine rings is 1. The van der Waals surface area contributed by atoms with Gasteiger partial charge in [0, 0.05) is 24.8 Å². The number of nitrogens with one attached hydrogen (secondary N) is 1. The van der Waals surface area contributed by atoms with E-state index < -0.39 is 41.2 Å². The summed E-state index contributed by atoms with van der Waals surface area (Å²) in [5, 5.41) is 2.66. The summed E-state index contributed by atoms with van der Waals surface area (Å²) in [4.78, 5) is 36.4. The molecule has 0 atom stereocenters. The minimum absolute atomic E-state index is 0.260. The van der Waals surface area contributed by atoms with Crippen molar-refractivity contribution in [2.45, 2.75) is 39.0 Å². The first-order valence-electron chi connectivity index (χ1n) is 7.12. The molecule has 1 N–H and O–H groups in total. The molecule has 1 heterocycles. The molecular formula is C15H20F3N3O3. The highest BCUT2D eigenvalue weighted by molar-refractivity contribution is 5.84. The predicted molar refractivity (Wildman–Crippen MR) is 81.2 cm³/mol. The van der Waals surface area contributed by atoms with Gasteiger partial charge in [-0.15, -0.1) is 0 Å². The molecule has 0 aliphatic rings. The summed E-state index contributed by atoms with van der Waals surface area (Å²) in [6.07, 6.45) is -4.03. The topological polar surface area (TPSA) is 71.4 Å². The van der Waals surface area contributed by atoms with E-state index in [2.05, 4.69) is 5.32 Å². The molecule has 0 saturated carbocycles. The van der Waals surface area contributed by atoms with Crippen LogP contribution in [-0.2, 0) is 22.3 Å². The number of hydrogen-bond donors (Lipinski definition) is 1. The predicted octanol–water partition coefficient (Wildman–Crippen LogP) is 1.24. The van der Waals surface area contributed by atoms with Gasteiger partial charge in [-0.3, -0.25) is 14.4 Å².